The van der Waals surface area contributed by atoms with Gasteiger partial charge in [0.2, 0.25) is 0 Å². The van der Waals surface area contributed by atoms with Gasteiger partial charge in [0, 0.05) is 43.9 Å². The number of amides is 2. The Kier molecular flexibility index (Phi) is 7.26. The molecule has 7 heteroatoms. The van der Waals surface area contributed by atoms with Gasteiger partial charge in [-0.1, -0.05) is 73.5 Å². The van der Waals surface area contributed by atoms with Crippen LogP contribution in [0.5, 0.6) is 0 Å². The number of hydrogen-bond donors (Lipinski definition) is 1. The molecule has 7 nitrogen and oxygen atoms in total. The molecule has 0 bridgehead atoms. The van der Waals surface area contributed by atoms with Crippen molar-refractivity contribution in [3.63, 3.8) is 0 Å². The molecule has 1 N–H and O–H groups in total. The summed E-state index contributed by atoms with van der Waals surface area (Å²) in [4.78, 5) is 36.0. The van der Waals surface area contributed by atoms with Crippen LogP contribution in [0.2, 0.25) is 0 Å². The van der Waals surface area contributed by atoms with E-state index in [2.05, 4.69) is 44.4 Å². The van der Waals surface area contributed by atoms with Gasteiger partial charge in [-0.05, 0) is 49.6 Å². The molecule has 3 aromatic rings. The van der Waals surface area contributed by atoms with Gasteiger partial charge in [-0.3, -0.25) is 9.36 Å². The van der Waals surface area contributed by atoms with Gasteiger partial charge in [0.25, 0.3) is 5.56 Å². The average molecular weight is 526 g/mol. The fourth-order valence-corrected chi connectivity index (χ4v) is 7.30. The smallest absolute Gasteiger partial charge is 0.320 e. The van der Waals surface area contributed by atoms with Gasteiger partial charge in [-0.15, -0.1) is 0 Å². The Morgan fingerprint density at radius 3 is 2.46 bits per heavy atom. The highest BCUT2D eigenvalue weighted by Gasteiger charge is 2.48. The Balaban J connectivity index is 1.19. The highest BCUT2D eigenvalue weighted by molar-refractivity contribution is 5.76. The first kappa shape index (κ1) is 25.8. The third kappa shape index (κ3) is 5.12. The molecule has 1 saturated carbocycles. The van der Waals surface area contributed by atoms with Crippen molar-refractivity contribution in [1.82, 2.24) is 24.7 Å². The van der Waals surface area contributed by atoms with Crippen molar-refractivity contribution in [1.29, 1.82) is 0 Å². The van der Waals surface area contributed by atoms with Gasteiger partial charge < -0.3 is 15.1 Å². The van der Waals surface area contributed by atoms with Crippen molar-refractivity contribution < 1.29 is 4.79 Å². The summed E-state index contributed by atoms with van der Waals surface area (Å²) in [6.45, 7) is 2.92. The zero-order chi connectivity index (χ0) is 26.8. The average Bonchev–Trinajstić information content (AvgIpc) is 3.63. The van der Waals surface area contributed by atoms with Gasteiger partial charge in [0.15, 0.2) is 0 Å². The third-order valence-electron chi connectivity index (χ3n) is 9.49. The Morgan fingerprint density at radius 2 is 1.77 bits per heavy atom. The van der Waals surface area contributed by atoms with Crippen molar-refractivity contribution in [2.45, 2.75) is 57.2 Å². The maximum Gasteiger partial charge on any atom is 0.320 e. The number of nitrogens with zero attached hydrogens (tertiary/aromatic N) is 4. The lowest BCUT2D eigenvalue weighted by atomic mass is 9.69. The predicted molar refractivity (Wildman–Crippen MR) is 153 cm³/mol. The summed E-state index contributed by atoms with van der Waals surface area (Å²) in [5.74, 6) is 0.361. The van der Waals surface area contributed by atoms with Gasteiger partial charge in [0.1, 0.15) is 0 Å². The molecule has 1 spiro atoms. The SMILES string of the molecule is CN[C@H]1C[C@@H](c2ccccc2)N(C(=O)N2CC[C@@H](Cn3cnc(-c4ccccc4)cc3=O)C3(CCCC3)C2)C1. The Morgan fingerprint density at radius 1 is 1.05 bits per heavy atom. The van der Waals surface area contributed by atoms with Crippen molar-refractivity contribution in [3.8, 4) is 11.3 Å². The summed E-state index contributed by atoms with van der Waals surface area (Å²) in [6, 6.07) is 22.5. The second kappa shape index (κ2) is 11.0. The number of rotatable bonds is 5. The summed E-state index contributed by atoms with van der Waals surface area (Å²) in [5.41, 5.74) is 2.94. The Bertz CT molecular complexity index is 1340. The molecule has 6 rings (SSSR count). The topological polar surface area (TPSA) is 70.5 Å². The summed E-state index contributed by atoms with van der Waals surface area (Å²) >= 11 is 0. The molecular weight excluding hydrogens is 486 g/mol. The highest BCUT2D eigenvalue weighted by Crippen LogP contribution is 2.49. The van der Waals surface area contributed by atoms with Crippen LogP contribution in [0.3, 0.4) is 0 Å². The quantitative estimate of drug-likeness (QED) is 0.512. The first-order chi connectivity index (χ1) is 19.1. The van der Waals surface area contributed by atoms with Crippen LogP contribution in [-0.4, -0.2) is 58.1 Å². The summed E-state index contributed by atoms with van der Waals surface area (Å²) in [5, 5.41) is 3.40. The normalized spacial score (nSPS) is 24.4. The molecule has 3 fully saturated rings. The van der Waals surface area contributed by atoms with E-state index in [4.69, 9.17) is 0 Å². The predicted octanol–water partition coefficient (Wildman–Crippen LogP) is 4.95. The van der Waals surface area contributed by atoms with E-state index in [1.807, 2.05) is 43.4 Å². The van der Waals surface area contributed by atoms with Crippen LogP contribution in [0.15, 0.2) is 77.9 Å². The standard InChI is InChI=1S/C32H39N5O2/c1-33-27-18-29(25-12-6-3-7-13-25)37(21-27)31(39)35-17-14-26(32(22-35)15-8-9-16-32)20-36-23-34-28(19-30(36)38)24-10-4-2-5-11-24/h2-7,10-13,19,23,26-27,29,33H,8-9,14-18,20-22H2,1H3/t26-,27-,29-/m0/s1. The minimum absolute atomic E-state index is 0.00335. The van der Waals surface area contributed by atoms with Gasteiger partial charge in [-0.25, -0.2) is 9.78 Å². The molecule has 1 aliphatic carbocycles. The van der Waals surface area contributed by atoms with Crippen LogP contribution in [0.25, 0.3) is 11.3 Å². The van der Waals surface area contributed by atoms with Crippen LogP contribution in [0.4, 0.5) is 4.79 Å². The number of carbonyl (C=O) groups is 1. The van der Waals surface area contributed by atoms with Crippen molar-refractivity contribution in [2.75, 3.05) is 26.7 Å². The number of carbonyl (C=O) groups excluding carboxylic acids is 1. The first-order valence-electron chi connectivity index (χ1n) is 14.5. The van der Waals surface area contributed by atoms with E-state index in [1.54, 1.807) is 17.0 Å². The molecule has 0 unspecified atom stereocenters. The summed E-state index contributed by atoms with van der Waals surface area (Å²) in [6.07, 6.45) is 8.19. The number of urea groups is 1. The molecule has 204 valence electrons. The molecule has 3 aliphatic rings. The Hall–Kier alpha value is -3.45. The third-order valence-corrected chi connectivity index (χ3v) is 9.49. The number of aromatic nitrogens is 2. The molecule has 2 aliphatic heterocycles. The van der Waals surface area contributed by atoms with Gasteiger partial charge >= 0.3 is 6.03 Å². The number of likely N-dealkylation sites (tertiary alicyclic amines) is 2. The number of benzene rings is 2. The molecule has 2 amide bonds. The first-order valence-corrected chi connectivity index (χ1v) is 14.5. The zero-order valence-electron chi connectivity index (χ0n) is 22.8. The lowest BCUT2D eigenvalue weighted by Gasteiger charge is -2.48. The second-order valence-electron chi connectivity index (χ2n) is 11.7. The number of nitrogens with one attached hydrogen (secondary N) is 1. The maximum absolute atomic E-state index is 14.0. The van der Waals surface area contributed by atoms with Gasteiger partial charge in [0.05, 0.1) is 18.1 Å². The minimum Gasteiger partial charge on any atom is -0.324 e. The van der Waals surface area contributed by atoms with Crippen LogP contribution >= 0.6 is 0 Å². The van der Waals surface area contributed by atoms with E-state index in [9.17, 15) is 9.59 Å². The minimum atomic E-state index is -0.00335. The monoisotopic (exact) mass is 525 g/mol. The molecule has 1 aromatic heterocycles. The van der Waals surface area contributed by atoms with Gasteiger partial charge in [-0.2, -0.15) is 0 Å². The van der Waals surface area contributed by atoms with E-state index in [0.29, 0.717) is 24.2 Å². The van der Waals surface area contributed by atoms with Crippen molar-refractivity contribution >= 4 is 6.03 Å². The second-order valence-corrected chi connectivity index (χ2v) is 11.7. The molecule has 2 saturated heterocycles. The number of piperidine rings is 1. The molecule has 3 heterocycles. The van der Waals surface area contributed by atoms with E-state index in [-0.39, 0.29) is 23.0 Å². The highest BCUT2D eigenvalue weighted by atomic mass is 16.2. The van der Waals surface area contributed by atoms with Crippen molar-refractivity contribution in [3.05, 3.63) is 89.0 Å². The van der Waals surface area contributed by atoms with E-state index >= 15 is 0 Å². The summed E-state index contributed by atoms with van der Waals surface area (Å²) < 4.78 is 1.79. The molecule has 0 radical (unpaired) electrons. The molecule has 3 atom stereocenters. The van der Waals surface area contributed by atoms with Crippen LogP contribution in [-0.2, 0) is 6.54 Å². The van der Waals surface area contributed by atoms with E-state index < -0.39 is 0 Å². The largest absolute Gasteiger partial charge is 0.324 e. The number of hydrogen-bond acceptors (Lipinski definition) is 4. The number of likely N-dealkylation sites (N-methyl/N-ethyl adjacent to an activating group) is 1. The van der Waals surface area contributed by atoms with Crippen LogP contribution in [0.1, 0.15) is 50.1 Å². The summed E-state index contributed by atoms with van der Waals surface area (Å²) in [7, 11) is 1.99. The van der Waals surface area contributed by atoms with Crippen LogP contribution < -0.4 is 10.9 Å². The lowest BCUT2D eigenvalue weighted by molar-refractivity contribution is 0.0281. The zero-order valence-corrected chi connectivity index (χ0v) is 22.8. The van der Waals surface area contributed by atoms with Crippen LogP contribution in [0, 0.1) is 11.3 Å². The molecule has 39 heavy (non-hydrogen) atoms. The van der Waals surface area contributed by atoms with E-state index in [0.717, 1.165) is 50.9 Å². The molecule has 2 aromatic carbocycles. The van der Waals surface area contributed by atoms with E-state index in [1.165, 1.54) is 18.4 Å². The Labute approximate surface area is 230 Å². The van der Waals surface area contributed by atoms with Crippen molar-refractivity contribution in [2.24, 2.45) is 11.3 Å². The lowest BCUT2D eigenvalue weighted by Crippen LogP contribution is -2.54. The maximum atomic E-state index is 14.0. The molecular formula is C32H39N5O2. The fraction of sp³-hybridized carbons (Fsp3) is 0.469. The fourth-order valence-electron chi connectivity index (χ4n) is 7.30.